The molecule has 138 valence electrons. The second-order valence-corrected chi connectivity index (χ2v) is 7.92. The van der Waals surface area contributed by atoms with Gasteiger partial charge in [-0.2, -0.15) is 0 Å². The van der Waals surface area contributed by atoms with Crippen LogP contribution in [0.3, 0.4) is 0 Å². The Hall–Kier alpha value is -1.24. The molecular weight excluding hydrogens is 316 g/mol. The Morgan fingerprint density at radius 3 is 2.68 bits per heavy atom. The van der Waals surface area contributed by atoms with Crippen LogP contribution < -0.4 is 5.32 Å². The van der Waals surface area contributed by atoms with Gasteiger partial charge in [-0.05, 0) is 50.0 Å². The van der Waals surface area contributed by atoms with Crippen LogP contribution in [-0.2, 0) is 9.47 Å². The van der Waals surface area contributed by atoms with E-state index in [2.05, 4.69) is 20.2 Å². The van der Waals surface area contributed by atoms with E-state index < -0.39 is 0 Å². The van der Waals surface area contributed by atoms with E-state index in [0.29, 0.717) is 5.92 Å². The molecule has 3 aliphatic heterocycles. The molecule has 0 saturated carbocycles. The number of anilines is 1. The SMILES string of the molecule is Cc1cnc(NCCC2CCOC23CN(CC2CCOCC2)C3)nc1. The maximum Gasteiger partial charge on any atom is 0.222 e. The Labute approximate surface area is 150 Å². The van der Waals surface area contributed by atoms with Gasteiger partial charge in [-0.15, -0.1) is 0 Å². The smallest absolute Gasteiger partial charge is 0.222 e. The van der Waals surface area contributed by atoms with Gasteiger partial charge < -0.3 is 14.8 Å². The van der Waals surface area contributed by atoms with Crippen molar-refractivity contribution in [1.82, 2.24) is 14.9 Å². The lowest BCUT2D eigenvalue weighted by molar-refractivity contribution is -0.139. The minimum Gasteiger partial charge on any atom is -0.381 e. The van der Waals surface area contributed by atoms with E-state index in [1.54, 1.807) is 0 Å². The van der Waals surface area contributed by atoms with Gasteiger partial charge in [-0.1, -0.05) is 0 Å². The molecular formula is C19H30N4O2. The third kappa shape index (κ3) is 3.96. The Morgan fingerprint density at radius 1 is 1.16 bits per heavy atom. The Bertz CT molecular complexity index is 553. The average molecular weight is 346 g/mol. The fourth-order valence-corrected chi connectivity index (χ4v) is 4.52. The average Bonchev–Trinajstić information content (AvgIpc) is 3.01. The molecule has 3 saturated heterocycles. The van der Waals surface area contributed by atoms with E-state index >= 15 is 0 Å². The van der Waals surface area contributed by atoms with Crippen LogP contribution in [0.2, 0.25) is 0 Å². The monoisotopic (exact) mass is 346 g/mol. The molecule has 0 bridgehead atoms. The second kappa shape index (κ2) is 7.56. The largest absolute Gasteiger partial charge is 0.381 e. The zero-order chi connectivity index (χ0) is 17.1. The highest BCUT2D eigenvalue weighted by atomic mass is 16.5. The summed E-state index contributed by atoms with van der Waals surface area (Å²) in [6.45, 7) is 9.15. The number of aryl methyl sites for hydroxylation is 1. The van der Waals surface area contributed by atoms with Crippen LogP contribution in [-0.4, -0.2) is 66.5 Å². The zero-order valence-electron chi connectivity index (χ0n) is 15.2. The summed E-state index contributed by atoms with van der Waals surface area (Å²) >= 11 is 0. The van der Waals surface area contributed by atoms with Crippen LogP contribution in [0.5, 0.6) is 0 Å². The standard InChI is InChI=1S/C19H30N4O2/c1-15-10-21-18(22-11-15)20-6-2-17-5-9-25-19(17)13-23(14-19)12-16-3-7-24-8-4-16/h10-11,16-17H,2-9,12-14H2,1H3,(H,20,21,22). The minimum absolute atomic E-state index is 0.112. The summed E-state index contributed by atoms with van der Waals surface area (Å²) in [6, 6.07) is 0. The van der Waals surface area contributed by atoms with E-state index in [1.807, 2.05) is 19.3 Å². The van der Waals surface area contributed by atoms with Crippen molar-refractivity contribution in [3.05, 3.63) is 18.0 Å². The molecule has 6 nitrogen and oxygen atoms in total. The first kappa shape index (κ1) is 17.2. The quantitative estimate of drug-likeness (QED) is 0.851. The lowest BCUT2D eigenvalue weighted by Crippen LogP contribution is -2.65. The summed E-state index contributed by atoms with van der Waals surface area (Å²) < 4.78 is 11.7. The van der Waals surface area contributed by atoms with Crippen LogP contribution in [0.25, 0.3) is 0 Å². The number of aromatic nitrogens is 2. The molecule has 0 radical (unpaired) electrons. The molecule has 1 atom stereocenters. The normalized spacial score (nSPS) is 26.7. The predicted octanol–water partition coefficient (Wildman–Crippen LogP) is 2.10. The lowest BCUT2D eigenvalue weighted by atomic mass is 9.78. The molecule has 4 heterocycles. The molecule has 3 aliphatic rings. The van der Waals surface area contributed by atoms with E-state index in [0.717, 1.165) is 63.3 Å². The van der Waals surface area contributed by atoms with Gasteiger partial charge in [0.15, 0.2) is 0 Å². The number of ether oxygens (including phenoxy) is 2. The van der Waals surface area contributed by atoms with Crippen molar-refractivity contribution in [2.45, 2.75) is 38.2 Å². The van der Waals surface area contributed by atoms with Crippen molar-refractivity contribution in [3.63, 3.8) is 0 Å². The molecule has 1 aromatic rings. The van der Waals surface area contributed by atoms with E-state index in [1.165, 1.54) is 25.8 Å². The molecule has 1 spiro atoms. The van der Waals surface area contributed by atoms with Gasteiger partial charge in [-0.25, -0.2) is 9.97 Å². The molecule has 4 rings (SSSR count). The Kier molecular flexibility index (Phi) is 5.20. The third-order valence-corrected chi connectivity index (χ3v) is 6.00. The summed E-state index contributed by atoms with van der Waals surface area (Å²) in [4.78, 5) is 11.2. The summed E-state index contributed by atoms with van der Waals surface area (Å²) in [5.41, 5.74) is 1.20. The summed E-state index contributed by atoms with van der Waals surface area (Å²) in [5, 5.41) is 3.36. The molecule has 1 unspecified atom stereocenters. The zero-order valence-corrected chi connectivity index (χ0v) is 15.2. The highest BCUT2D eigenvalue weighted by Crippen LogP contribution is 2.42. The van der Waals surface area contributed by atoms with Crippen molar-refractivity contribution in [1.29, 1.82) is 0 Å². The lowest BCUT2D eigenvalue weighted by Gasteiger charge is -2.51. The fraction of sp³-hybridized carbons (Fsp3) is 0.789. The van der Waals surface area contributed by atoms with Crippen molar-refractivity contribution in [3.8, 4) is 0 Å². The highest BCUT2D eigenvalue weighted by molar-refractivity contribution is 5.24. The van der Waals surface area contributed by atoms with Crippen LogP contribution in [0.15, 0.2) is 12.4 Å². The molecule has 0 amide bonds. The molecule has 25 heavy (non-hydrogen) atoms. The first-order chi connectivity index (χ1) is 12.2. The van der Waals surface area contributed by atoms with E-state index in [-0.39, 0.29) is 5.60 Å². The number of hydrogen-bond acceptors (Lipinski definition) is 6. The van der Waals surface area contributed by atoms with Gasteiger partial charge in [0.2, 0.25) is 5.95 Å². The number of nitrogens with zero attached hydrogens (tertiary/aromatic N) is 3. The molecule has 3 fully saturated rings. The first-order valence-corrected chi connectivity index (χ1v) is 9.70. The fourth-order valence-electron chi connectivity index (χ4n) is 4.52. The summed E-state index contributed by atoms with van der Waals surface area (Å²) in [5.74, 6) is 2.19. The van der Waals surface area contributed by atoms with Crippen LogP contribution in [0, 0.1) is 18.8 Å². The highest BCUT2D eigenvalue weighted by Gasteiger charge is 2.52. The number of rotatable bonds is 6. The van der Waals surface area contributed by atoms with Crippen LogP contribution in [0.1, 0.15) is 31.2 Å². The van der Waals surface area contributed by atoms with Gasteiger partial charge in [0.05, 0.1) is 5.60 Å². The van der Waals surface area contributed by atoms with Crippen LogP contribution in [0.4, 0.5) is 5.95 Å². The first-order valence-electron chi connectivity index (χ1n) is 9.70. The molecule has 1 N–H and O–H groups in total. The van der Waals surface area contributed by atoms with Gasteiger partial charge >= 0.3 is 0 Å². The van der Waals surface area contributed by atoms with Gasteiger partial charge in [-0.3, -0.25) is 4.90 Å². The second-order valence-electron chi connectivity index (χ2n) is 7.92. The molecule has 0 aliphatic carbocycles. The Balaban J connectivity index is 1.22. The Morgan fingerprint density at radius 2 is 1.92 bits per heavy atom. The predicted molar refractivity (Wildman–Crippen MR) is 96.6 cm³/mol. The van der Waals surface area contributed by atoms with E-state index in [9.17, 15) is 0 Å². The number of hydrogen-bond donors (Lipinski definition) is 1. The van der Waals surface area contributed by atoms with E-state index in [4.69, 9.17) is 9.47 Å². The van der Waals surface area contributed by atoms with Crippen molar-refractivity contribution < 1.29 is 9.47 Å². The van der Waals surface area contributed by atoms with Gasteiger partial charge in [0, 0.05) is 58.4 Å². The maximum atomic E-state index is 6.20. The summed E-state index contributed by atoms with van der Waals surface area (Å²) in [7, 11) is 0. The third-order valence-electron chi connectivity index (χ3n) is 6.00. The molecule has 1 aromatic heterocycles. The summed E-state index contributed by atoms with van der Waals surface area (Å²) in [6.07, 6.45) is 8.46. The van der Waals surface area contributed by atoms with Crippen molar-refractivity contribution in [2.75, 3.05) is 51.3 Å². The van der Waals surface area contributed by atoms with Crippen LogP contribution >= 0.6 is 0 Å². The molecule has 0 aromatic carbocycles. The number of likely N-dealkylation sites (tertiary alicyclic amines) is 1. The maximum absolute atomic E-state index is 6.20. The van der Waals surface area contributed by atoms with Crippen molar-refractivity contribution in [2.24, 2.45) is 11.8 Å². The van der Waals surface area contributed by atoms with Crippen molar-refractivity contribution >= 4 is 5.95 Å². The number of nitrogens with one attached hydrogen (secondary N) is 1. The topological polar surface area (TPSA) is 59.5 Å². The minimum atomic E-state index is 0.112. The van der Waals surface area contributed by atoms with Gasteiger partial charge in [0.25, 0.3) is 0 Å². The molecule has 6 heteroatoms. The van der Waals surface area contributed by atoms with Gasteiger partial charge in [0.1, 0.15) is 0 Å².